The van der Waals surface area contributed by atoms with Crippen LogP contribution in [0.25, 0.3) is 0 Å². The van der Waals surface area contributed by atoms with Crippen LogP contribution < -0.4 is 4.74 Å². The molecule has 5 heteroatoms. The largest absolute Gasteiger partial charge is 0.426 e. The number of esters is 1. The van der Waals surface area contributed by atoms with Crippen molar-refractivity contribution in [1.29, 1.82) is 0 Å². The predicted molar refractivity (Wildman–Crippen MR) is 111 cm³/mol. The van der Waals surface area contributed by atoms with Crippen LogP contribution in [0.15, 0.2) is 42.5 Å². The molecule has 0 bridgehead atoms. The second-order valence-electron chi connectivity index (χ2n) is 6.93. The number of unbranched alkanes of at least 4 members (excludes halogenated alkanes) is 4. The van der Waals surface area contributed by atoms with E-state index in [1.54, 1.807) is 18.2 Å². The summed E-state index contributed by atoms with van der Waals surface area (Å²) in [6, 6.07) is 10.9. The molecule has 2 aromatic carbocycles. The van der Waals surface area contributed by atoms with Gasteiger partial charge in [0.25, 0.3) is 0 Å². The molecule has 0 aromatic heterocycles. The summed E-state index contributed by atoms with van der Waals surface area (Å²) in [4.78, 5) is 48.4. The average Bonchev–Trinajstić information content (AvgIpc) is 2.72. The Morgan fingerprint density at radius 2 is 1.66 bits per heavy atom. The van der Waals surface area contributed by atoms with E-state index in [0.717, 1.165) is 32.1 Å². The van der Waals surface area contributed by atoms with E-state index in [9.17, 15) is 19.2 Å². The second kappa shape index (κ2) is 11.1. The Bertz CT molecular complexity index is 898. The highest BCUT2D eigenvalue weighted by Gasteiger charge is 2.20. The smallest absolute Gasteiger partial charge is 0.308 e. The maximum Gasteiger partial charge on any atom is 0.308 e. The Morgan fingerprint density at radius 1 is 0.931 bits per heavy atom. The number of carbonyl (C=O) groups is 4. The molecule has 0 aliphatic rings. The predicted octanol–water partition coefficient (Wildman–Crippen LogP) is 5.20. The SMILES string of the molecule is CCCCCCCC(=O)c1ccc(OC(C)=O)c(C(=O)c2ccccc2C=O)c1. The fourth-order valence-electron chi connectivity index (χ4n) is 3.11. The zero-order chi connectivity index (χ0) is 21.2. The molecule has 0 atom stereocenters. The summed E-state index contributed by atoms with van der Waals surface area (Å²) < 4.78 is 5.16. The van der Waals surface area contributed by atoms with E-state index in [1.165, 1.54) is 31.2 Å². The number of ketones is 2. The van der Waals surface area contributed by atoms with Crippen LogP contribution in [-0.2, 0) is 4.79 Å². The molecule has 2 aromatic rings. The van der Waals surface area contributed by atoms with Gasteiger partial charge in [-0.25, -0.2) is 0 Å². The normalized spacial score (nSPS) is 10.4. The zero-order valence-corrected chi connectivity index (χ0v) is 16.9. The average molecular weight is 394 g/mol. The Hall–Kier alpha value is -3.08. The Morgan fingerprint density at radius 3 is 2.34 bits per heavy atom. The summed E-state index contributed by atoms with van der Waals surface area (Å²) in [6.45, 7) is 3.38. The van der Waals surface area contributed by atoms with Gasteiger partial charge in [0.1, 0.15) is 5.75 Å². The van der Waals surface area contributed by atoms with Crippen LogP contribution in [0.3, 0.4) is 0 Å². The van der Waals surface area contributed by atoms with Crippen LogP contribution in [0, 0.1) is 0 Å². The van der Waals surface area contributed by atoms with E-state index in [2.05, 4.69) is 6.92 Å². The molecule has 0 saturated carbocycles. The number of ether oxygens (including phenoxy) is 1. The van der Waals surface area contributed by atoms with Crippen LogP contribution in [-0.4, -0.2) is 23.8 Å². The van der Waals surface area contributed by atoms with Crippen molar-refractivity contribution in [2.75, 3.05) is 0 Å². The quantitative estimate of drug-likeness (QED) is 0.172. The van der Waals surface area contributed by atoms with E-state index in [4.69, 9.17) is 4.74 Å². The van der Waals surface area contributed by atoms with Gasteiger partial charge in [0.15, 0.2) is 17.9 Å². The fourth-order valence-corrected chi connectivity index (χ4v) is 3.11. The minimum absolute atomic E-state index is 0.0615. The monoisotopic (exact) mass is 394 g/mol. The molecule has 0 aliphatic carbocycles. The van der Waals surface area contributed by atoms with Crippen LogP contribution >= 0.6 is 0 Å². The van der Waals surface area contributed by atoms with Gasteiger partial charge < -0.3 is 4.74 Å². The molecule has 0 spiro atoms. The topological polar surface area (TPSA) is 77.5 Å². The van der Waals surface area contributed by atoms with Gasteiger partial charge in [0.05, 0.1) is 5.56 Å². The van der Waals surface area contributed by atoms with Crippen molar-refractivity contribution in [3.05, 3.63) is 64.7 Å². The molecule has 152 valence electrons. The number of carbonyl (C=O) groups excluding carboxylic acids is 4. The molecular weight excluding hydrogens is 368 g/mol. The van der Waals surface area contributed by atoms with Gasteiger partial charge >= 0.3 is 5.97 Å². The molecule has 0 radical (unpaired) electrons. The molecule has 0 fully saturated rings. The highest BCUT2D eigenvalue weighted by molar-refractivity contribution is 6.15. The van der Waals surface area contributed by atoms with E-state index >= 15 is 0 Å². The molecule has 29 heavy (non-hydrogen) atoms. The van der Waals surface area contributed by atoms with Gasteiger partial charge in [0.2, 0.25) is 0 Å². The summed E-state index contributed by atoms with van der Waals surface area (Å²) in [7, 11) is 0. The molecule has 0 heterocycles. The molecule has 0 unspecified atom stereocenters. The van der Waals surface area contributed by atoms with E-state index in [0.29, 0.717) is 18.3 Å². The van der Waals surface area contributed by atoms with Crippen LogP contribution in [0.2, 0.25) is 0 Å². The maximum atomic E-state index is 13.1. The van der Waals surface area contributed by atoms with Gasteiger partial charge in [-0.1, -0.05) is 56.9 Å². The first-order valence-electron chi connectivity index (χ1n) is 9.92. The molecular formula is C24H26O5. The first-order valence-corrected chi connectivity index (χ1v) is 9.92. The summed E-state index contributed by atoms with van der Waals surface area (Å²) >= 11 is 0. The summed E-state index contributed by atoms with van der Waals surface area (Å²) in [5.41, 5.74) is 0.911. The zero-order valence-electron chi connectivity index (χ0n) is 16.9. The summed E-state index contributed by atoms with van der Waals surface area (Å²) in [5.74, 6) is -1.03. The lowest BCUT2D eigenvalue weighted by Gasteiger charge is -2.11. The third kappa shape index (κ3) is 6.21. The standard InChI is InChI=1S/C24H26O5/c1-3-4-5-6-7-12-22(27)18-13-14-23(29-17(2)26)21(15-18)24(28)20-11-9-8-10-19(20)16-25/h8-11,13-16H,3-7,12H2,1-2H3. The Balaban J connectivity index is 2.31. The van der Waals surface area contributed by atoms with Crippen molar-refractivity contribution in [1.82, 2.24) is 0 Å². The lowest BCUT2D eigenvalue weighted by Crippen LogP contribution is -2.12. The van der Waals surface area contributed by atoms with E-state index in [-0.39, 0.29) is 28.2 Å². The van der Waals surface area contributed by atoms with Crippen molar-refractivity contribution in [3.63, 3.8) is 0 Å². The third-order valence-corrected chi connectivity index (χ3v) is 4.64. The summed E-state index contributed by atoms with van der Waals surface area (Å²) in [5, 5.41) is 0. The number of aldehydes is 1. The lowest BCUT2D eigenvalue weighted by molar-refractivity contribution is -0.131. The van der Waals surface area contributed by atoms with Gasteiger partial charge in [-0.05, 0) is 24.6 Å². The fraction of sp³-hybridized carbons (Fsp3) is 0.333. The second-order valence-corrected chi connectivity index (χ2v) is 6.93. The third-order valence-electron chi connectivity index (χ3n) is 4.64. The maximum absolute atomic E-state index is 13.1. The van der Waals surface area contributed by atoms with Crippen LogP contribution in [0.4, 0.5) is 0 Å². The van der Waals surface area contributed by atoms with Gasteiger partial charge in [-0.3, -0.25) is 19.2 Å². The molecule has 0 N–H and O–H groups in total. The first-order chi connectivity index (χ1) is 14.0. The lowest BCUT2D eigenvalue weighted by atomic mass is 9.95. The number of benzene rings is 2. The van der Waals surface area contributed by atoms with Gasteiger partial charge in [-0.2, -0.15) is 0 Å². The molecule has 0 aliphatic heterocycles. The minimum Gasteiger partial charge on any atom is -0.426 e. The molecule has 0 saturated heterocycles. The molecule has 5 nitrogen and oxygen atoms in total. The van der Waals surface area contributed by atoms with Crippen molar-refractivity contribution >= 4 is 23.8 Å². The minimum atomic E-state index is -0.572. The number of hydrogen-bond donors (Lipinski definition) is 0. The van der Waals surface area contributed by atoms with Crippen molar-refractivity contribution in [3.8, 4) is 5.75 Å². The highest BCUT2D eigenvalue weighted by Crippen LogP contribution is 2.26. The molecule has 0 amide bonds. The number of rotatable bonds is 11. The van der Waals surface area contributed by atoms with Gasteiger partial charge in [0, 0.05) is 30.0 Å². The Labute approximate surface area is 171 Å². The number of Topliss-reactive ketones (excluding diaryl/α,β-unsaturated/α-hetero) is 1. The van der Waals surface area contributed by atoms with Crippen LogP contribution in [0.1, 0.15) is 89.0 Å². The van der Waals surface area contributed by atoms with Crippen LogP contribution in [0.5, 0.6) is 5.75 Å². The summed E-state index contributed by atoms with van der Waals surface area (Å²) in [6.07, 6.45) is 6.17. The highest BCUT2D eigenvalue weighted by atomic mass is 16.5. The van der Waals surface area contributed by atoms with Crippen molar-refractivity contribution in [2.45, 2.75) is 52.4 Å². The van der Waals surface area contributed by atoms with Crippen molar-refractivity contribution < 1.29 is 23.9 Å². The first kappa shape index (κ1) is 22.2. The van der Waals surface area contributed by atoms with Crippen molar-refractivity contribution in [2.24, 2.45) is 0 Å². The number of hydrogen-bond acceptors (Lipinski definition) is 5. The molecule has 2 rings (SSSR count). The Kier molecular flexibility index (Phi) is 8.46. The van der Waals surface area contributed by atoms with E-state index in [1.807, 2.05) is 0 Å². The van der Waals surface area contributed by atoms with Gasteiger partial charge in [-0.15, -0.1) is 0 Å². The van der Waals surface area contributed by atoms with E-state index < -0.39 is 11.8 Å².